The second-order valence-electron chi connectivity index (χ2n) is 5.35. The SMILES string of the molecule is COc1cc(OC)nc(Oc2ccccc2/C=N/Nc2cccc(Cl)c2Cl)n1. The van der Waals surface area contributed by atoms with Gasteiger partial charge in [-0.2, -0.15) is 15.1 Å². The molecular formula is C19H16Cl2N4O3. The van der Waals surface area contributed by atoms with E-state index in [2.05, 4.69) is 20.5 Å². The van der Waals surface area contributed by atoms with Crippen LogP contribution in [-0.4, -0.2) is 30.4 Å². The topological polar surface area (TPSA) is 77.9 Å². The molecule has 9 heteroatoms. The van der Waals surface area contributed by atoms with Crippen molar-refractivity contribution < 1.29 is 14.2 Å². The monoisotopic (exact) mass is 418 g/mol. The molecule has 0 spiro atoms. The lowest BCUT2D eigenvalue weighted by Crippen LogP contribution is -2.00. The molecule has 0 amide bonds. The Morgan fingerprint density at radius 2 is 1.68 bits per heavy atom. The minimum atomic E-state index is 0.0860. The number of methoxy groups -OCH3 is 2. The standard InChI is InChI=1S/C19H16Cl2N4O3/c1-26-16-10-17(27-2)24-19(23-16)28-15-9-4-3-6-12(15)11-22-25-14-8-5-7-13(20)18(14)21/h3-11,25H,1-2H3/b22-11+. The number of halogens is 2. The maximum absolute atomic E-state index is 6.14. The van der Waals surface area contributed by atoms with Gasteiger partial charge in [-0.25, -0.2) is 0 Å². The molecule has 1 aromatic heterocycles. The van der Waals surface area contributed by atoms with Gasteiger partial charge in [0.05, 0.1) is 42.2 Å². The van der Waals surface area contributed by atoms with Crippen LogP contribution >= 0.6 is 23.2 Å². The van der Waals surface area contributed by atoms with Crippen molar-refractivity contribution in [3.8, 4) is 23.5 Å². The molecule has 7 nitrogen and oxygen atoms in total. The van der Waals surface area contributed by atoms with E-state index in [-0.39, 0.29) is 6.01 Å². The number of hydrogen-bond donors (Lipinski definition) is 1. The predicted molar refractivity (Wildman–Crippen MR) is 109 cm³/mol. The maximum Gasteiger partial charge on any atom is 0.328 e. The summed E-state index contributed by atoms with van der Waals surface area (Å²) in [5, 5.41) is 5.03. The van der Waals surface area contributed by atoms with Crippen LogP contribution < -0.4 is 19.6 Å². The Morgan fingerprint density at radius 1 is 0.964 bits per heavy atom. The second-order valence-corrected chi connectivity index (χ2v) is 6.13. The average molecular weight is 419 g/mol. The lowest BCUT2D eigenvalue weighted by Gasteiger charge is -2.09. The predicted octanol–water partition coefficient (Wildman–Crippen LogP) is 5.04. The fraction of sp³-hybridized carbons (Fsp3) is 0.105. The third kappa shape index (κ3) is 4.82. The molecule has 144 valence electrons. The number of hydrazone groups is 1. The quantitative estimate of drug-likeness (QED) is 0.427. The summed E-state index contributed by atoms with van der Waals surface area (Å²) < 4.78 is 16.1. The van der Waals surface area contributed by atoms with Gasteiger partial charge in [0.1, 0.15) is 5.75 Å². The first-order valence-electron chi connectivity index (χ1n) is 8.07. The van der Waals surface area contributed by atoms with Gasteiger partial charge in [0.25, 0.3) is 0 Å². The highest BCUT2D eigenvalue weighted by Crippen LogP contribution is 2.30. The molecule has 0 saturated carbocycles. The molecule has 1 heterocycles. The van der Waals surface area contributed by atoms with Crippen molar-refractivity contribution in [2.45, 2.75) is 0 Å². The number of ether oxygens (including phenoxy) is 3. The molecule has 0 fully saturated rings. The summed E-state index contributed by atoms with van der Waals surface area (Å²) in [4.78, 5) is 8.32. The summed E-state index contributed by atoms with van der Waals surface area (Å²) in [6.45, 7) is 0. The van der Waals surface area contributed by atoms with Gasteiger partial charge in [-0.3, -0.25) is 5.43 Å². The van der Waals surface area contributed by atoms with Crippen molar-refractivity contribution in [1.82, 2.24) is 9.97 Å². The normalized spacial score (nSPS) is 10.7. The summed E-state index contributed by atoms with van der Waals surface area (Å²) in [7, 11) is 3.00. The molecule has 0 aliphatic carbocycles. The molecule has 28 heavy (non-hydrogen) atoms. The van der Waals surface area contributed by atoms with E-state index in [9.17, 15) is 0 Å². The van der Waals surface area contributed by atoms with E-state index in [1.54, 1.807) is 36.5 Å². The molecular weight excluding hydrogens is 403 g/mol. The number of rotatable bonds is 7. The van der Waals surface area contributed by atoms with Crippen molar-refractivity contribution >= 4 is 35.1 Å². The molecule has 0 unspecified atom stereocenters. The van der Waals surface area contributed by atoms with Gasteiger partial charge in [0.2, 0.25) is 11.8 Å². The van der Waals surface area contributed by atoms with Crippen LogP contribution in [0.3, 0.4) is 0 Å². The smallest absolute Gasteiger partial charge is 0.328 e. The second kappa shape index (κ2) is 9.25. The first-order chi connectivity index (χ1) is 13.6. The Labute approximate surface area is 171 Å². The molecule has 3 rings (SSSR count). The molecule has 3 aromatic rings. The summed E-state index contributed by atoms with van der Waals surface area (Å²) in [6, 6.07) is 14.2. The zero-order valence-corrected chi connectivity index (χ0v) is 16.5. The highest BCUT2D eigenvalue weighted by molar-refractivity contribution is 6.43. The van der Waals surface area contributed by atoms with E-state index >= 15 is 0 Å². The zero-order chi connectivity index (χ0) is 19.9. The van der Waals surface area contributed by atoms with Crippen LogP contribution in [0.5, 0.6) is 23.5 Å². The van der Waals surface area contributed by atoms with Crippen LogP contribution in [0.2, 0.25) is 10.0 Å². The van der Waals surface area contributed by atoms with Crippen molar-refractivity contribution in [2.75, 3.05) is 19.6 Å². The van der Waals surface area contributed by atoms with Crippen LogP contribution in [0, 0.1) is 0 Å². The Balaban J connectivity index is 1.81. The molecule has 0 saturated heterocycles. The molecule has 0 aliphatic heterocycles. The van der Waals surface area contributed by atoms with Crippen LogP contribution in [0.15, 0.2) is 53.6 Å². The number of para-hydroxylation sites is 1. The van der Waals surface area contributed by atoms with E-state index in [1.165, 1.54) is 14.2 Å². The van der Waals surface area contributed by atoms with Gasteiger partial charge >= 0.3 is 6.01 Å². The Kier molecular flexibility index (Phi) is 6.52. The molecule has 0 atom stereocenters. The lowest BCUT2D eigenvalue weighted by atomic mass is 10.2. The third-order valence-corrected chi connectivity index (χ3v) is 4.36. The largest absolute Gasteiger partial charge is 0.481 e. The Hall–Kier alpha value is -3.03. The summed E-state index contributed by atoms with van der Waals surface area (Å²) in [5.74, 6) is 1.15. The summed E-state index contributed by atoms with van der Waals surface area (Å²) in [6.07, 6.45) is 1.59. The van der Waals surface area contributed by atoms with Crippen molar-refractivity contribution in [3.63, 3.8) is 0 Å². The first-order valence-corrected chi connectivity index (χ1v) is 8.83. The Morgan fingerprint density at radius 3 is 2.39 bits per heavy atom. The van der Waals surface area contributed by atoms with Gasteiger partial charge in [-0.15, -0.1) is 0 Å². The van der Waals surface area contributed by atoms with Crippen molar-refractivity contribution in [2.24, 2.45) is 5.10 Å². The van der Waals surface area contributed by atoms with Gasteiger partial charge in [-0.1, -0.05) is 41.4 Å². The van der Waals surface area contributed by atoms with Crippen molar-refractivity contribution in [1.29, 1.82) is 0 Å². The van der Waals surface area contributed by atoms with E-state index in [4.69, 9.17) is 37.4 Å². The highest BCUT2D eigenvalue weighted by Gasteiger charge is 2.10. The lowest BCUT2D eigenvalue weighted by molar-refractivity contribution is 0.348. The highest BCUT2D eigenvalue weighted by atomic mass is 35.5. The Bertz CT molecular complexity index is 976. The minimum absolute atomic E-state index is 0.0860. The first kappa shape index (κ1) is 19.7. The van der Waals surface area contributed by atoms with E-state index < -0.39 is 0 Å². The van der Waals surface area contributed by atoms with E-state index in [0.29, 0.717) is 38.8 Å². The van der Waals surface area contributed by atoms with Gasteiger partial charge in [0.15, 0.2) is 0 Å². The number of benzene rings is 2. The summed E-state index contributed by atoms with van der Waals surface area (Å²) in [5.41, 5.74) is 4.14. The maximum atomic E-state index is 6.14. The number of nitrogens with zero attached hydrogens (tertiary/aromatic N) is 3. The molecule has 0 aliphatic rings. The van der Waals surface area contributed by atoms with Crippen LogP contribution in [0.25, 0.3) is 0 Å². The molecule has 0 bridgehead atoms. The fourth-order valence-corrected chi connectivity index (χ4v) is 2.52. The summed E-state index contributed by atoms with van der Waals surface area (Å²) >= 11 is 12.1. The van der Waals surface area contributed by atoms with Crippen LogP contribution in [-0.2, 0) is 0 Å². The number of anilines is 1. The number of hydrogen-bond acceptors (Lipinski definition) is 7. The fourth-order valence-electron chi connectivity index (χ4n) is 2.18. The molecule has 0 radical (unpaired) electrons. The zero-order valence-electron chi connectivity index (χ0n) is 15.0. The molecule has 2 aromatic carbocycles. The van der Waals surface area contributed by atoms with Crippen molar-refractivity contribution in [3.05, 3.63) is 64.1 Å². The van der Waals surface area contributed by atoms with Gasteiger partial charge in [0, 0.05) is 5.56 Å². The third-order valence-electron chi connectivity index (χ3n) is 3.54. The van der Waals surface area contributed by atoms with Gasteiger partial charge < -0.3 is 14.2 Å². The van der Waals surface area contributed by atoms with E-state index in [0.717, 1.165) is 0 Å². The number of aromatic nitrogens is 2. The number of nitrogens with one attached hydrogen (secondary N) is 1. The minimum Gasteiger partial charge on any atom is -0.481 e. The average Bonchev–Trinajstić information content (AvgIpc) is 2.72. The van der Waals surface area contributed by atoms with E-state index in [1.807, 2.05) is 18.2 Å². The van der Waals surface area contributed by atoms with Crippen LogP contribution in [0.4, 0.5) is 5.69 Å². The van der Waals surface area contributed by atoms with Gasteiger partial charge in [-0.05, 0) is 24.3 Å². The van der Waals surface area contributed by atoms with Crippen LogP contribution in [0.1, 0.15) is 5.56 Å². The molecule has 1 N–H and O–H groups in total.